The predicted molar refractivity (Wildman–Crippen MR) is 80.7 cm³/mol. The molecule has 0 bridgehead atoms. The molecule has 0 atom stereocenters. The van der Waals surface area contributed by atoms with Gasteiger partial charge in [-0.3, -0.25) is 4.68 Å². The van der Waals surface area contributed by atoms with Gasteiger partial charge in [0, 0.05) is 25.4 Å². The first-order valence-corrected chi connectivity index (χ1v) is 7.04. The van der Waals surface area contributed by atoms with Crippen molar-refractivity contribution < 1.29 is 0 Å². The van der Waals surface area contributed by atoms with Crippen LogP contribution in [0.1, 0.15) is 31.5 Å². The monoisotopic (exact) mass is 274 g/mol. The summed E-state index contributed by atoms with van der Waals surface area (Å²) in [6.07, 6.45) is 5.55. The van der Waals surface area contributed by atoms with Gasteiger partial charge in [-0.2, -0.15) is 5.10 Å². The van der Waals surface area contributed by atoms with Crippen LogP contribution in [0.25, 0.3) is 0 Å². The van der Waals surface area contributed by atoms with Gasteiger partial charge in [0.05, 0.1) is 12.2 Å². The molecule has 0 aliphatic carbocycles. The third-order valence-electron chi connectivity index (χ3n) is 3.00. The normalized spacial score (nSPS) is 10.6. The Kier molecular flexibility index (Phi) is 4.92. The Hall–Kier alpha value is -2.11. The minimum atomic E-state index is 0.667. The first kappa shape index (κ1) is 14.3. The average molecular weight is 274 g/mol. The molecule has 2 rings (SSSR count). The molecule has 0 unspecified atom stereocenters. The first-order chi connectivity index (χ1) is 9.74. The maximum Gasteiger partial charge on any atom is 0.135 e. The summed E-state index contributed by atoms with van der Waals surface area (Å²) in [7, 11) is 1.92. The van der Waals surface area contributed by atoms with E-state index in [-0.39, 0.29) is 0 Å². The molecule has 0 fully saturated rings. The van der Waals surface area contributed by atoms with Crippen LogP contribution in [-0.4, -0.2) is 26.3 Å². The number of anilines is 2. The summed E-state index contributed by atoms with van der Waals surface area (Å²) in [5, 5.41) is 11.0. The van der Waals surface area contributed by atoms with Gasteiger partial charge in [0.15, 0.2) is 0 Å². The lowest BCUT2D eigenvalue weighted by Gasteiger charge is -2.13. The van der Waals surface area contributed by atoms with Gasteiger partial charge in [-0.15, -0.1) is 0 Å². The molecule has 2 N–H and O–H groups in total. The van der Waals surface area contributed by atoms with Crippen molar-refractivity contribution in [2.75, 3.05) is 17.2 Å². The summed E-state index contributed by atoms with van der Waals surface area (Å²) in [5.74, 6) is 1.82. The highest BCUT2D eigenvalue weighted by Gasteiger charge is 2.10. The fourth-order valence-electron chi connectivity index (χ4n) is 2.10. The molecular formula is C14H22N6. The Morgan fingerprint density at radius 3 is 2.50 bits per heavy atom. The van der Waals surface area contributed by atoms with Crippen LogP contribution in [0, 0.1) is 0 Å². The van der Waals surface area contributed by atoms with E-state index in [2.05, 4.69) is 39.5 Å². The van der Waals surface area contributed by atoms with Crippen molar-refractivity contribution in [3.63, 3.8) is 0 Å². The van der Waals surface area contributed by atoms with Crippen LogP contribution < -0.4 is 10.6 Å². The lowest BCUT2D eigenvalue weighted by atomic mass is 10.1. The van der Waals surface area contributed by atoms with E-state index in [0.29, 0.717) is 6.54 Å². The van der Waals surface area contributed by atoms with Crippen LogP contribution in [0.5, 0.6) is 0 Å². The van der Waals surface area contributed by atoms with Gasteiger partial charge >= 0.3 is 0 Å². The number of aromatic nitrogens is 4. The lowest BCUT2D eigenvalue weighted by molar-refractivity contribution is 0.746. The summed E-state index contributed by atoms with van der Waals surface area (Å²) in [6.45, 7) is 5.75. The summed E-state index contributed by atoms with van der Waals surface area (Å²) in [4.78, 5) is 8.69. The molecule has 2 heterocycles. The predicted octanol–water partition coefficient (Wildman–Crippen LogP) is 2.21. The van der Waals surface area contributed by atoms with E-state index < -0.39 is 0 Å². The summed E-state index contributed by atoms with van der Waals surface area (Å²) in [6, 6.07) is 2.00. The smallest absolute Gasteiger partial charge is 0.135 e. The Bertz CT molecular complexity index is 548. The zero-order chi connectivity index (χ0) is 14.4. The SMILES string of the molecule is CCCc1c(NCC)ncnc1NCc1ccn(C)n1. The lowest BCUT2D eigenvalue weighted by Crippen LogP contribution is -2.10. The topological polar surface area (TPSA) is 67.7 Å². The molecule has 6 nitrogen and oxygen atoms in total. The van der Waals surface area contributed by atoms with E-state index >= 15 is 0 Å². The minimum Gasteiger partial charge on any atom is -0.370 e. The van der Waals surface area contributed by atoms with Crippen molar-refractivity contribution >= 4 is 11.6 Å². The molecule has 0 radical (unpaired) electrons. The molecule has 2 aromatic heterocycles. The fourth-order valence-corrected chi connectivity index (χ4v) is 2.10. The summed E-state index contributed by atoms with van der Waals surface area (Å²) < 4.78 is 1.80. The van der Waals surface area contributed by atoms with Crippen molar-refractivity contribution in [3.8, 4) is 0 Å². The van der Waals surface area contributed by atoms with Gasteiger partial charge < -0.3 is 10.6 Å². The highest BCUT2D eigenvalue weighted by atomic mass is 15.3. The van der Waals surface area contributed by atoms with E-state index in [1.165, 1.54) is 0 Å². The molecule has 0 amide bonds. The van der Waals surface area contributed by atoms with Crippen molar-refractivity contribution in [2.45, 2.75) is 33.2 Å². The molecule has 6 heteroatoms. The van der Waals surface area contributed by atoms with Crippen molar-refractivity contribution in [1.82, 2.24) is 19.7 Å². The molecule has 2 aromatic rings. The van der Waals surface area contributed by atoms with Crippen LogP contribution in [0.2, 0.25) is 0 Å². The number of nitrogens with zero attached hydrogens (tertiary/aromatic N) is 4. The van der Waals surface area contributed by atoms with Crippen LogP contribution >= 0.6 is 0 Å². The van der Waals surface area contributed by atoms with Gasteiger partial charge in [-0.05, 0) is 19.4 Å². The van der Waals surface area contributed by atoms with Gasteiger partial charge in [-0.1, -0.05) is 13.3 Å². The number of hydrogen-bond acceptors (Lipinski definition) is 5. The quantitative estimate of drug-likeness (QED) is 0.810. The summed E-state index contributed by atoms with van der Waals surface area (Å²) in [5.41, 5.74) is 2.14. The molecule has 108 valence electrons. The third kappa shape index (κ3) is 3.46. The Balaban J connectivity index is 2.14. The van der Waals surface area contributed by atoms with E-state index in [9.17, 15) is 0 Å². The minimum absolute atomic E-state index is 0.667. The largest absolute Gasteiger partial charge is 0.370 e. The molecule has 0 spiro atoms. The van der Waals surface area contributed by atoms with Crippen molar-refractivity contribution in [1.29, 1.82) is 0 Å². The molecule has 0 aromatic carbocycles. The first-order valence-electron chi connectivity index (χ1n) is 7.04. The molecular weight excluding hydrogens is 252 g/mol. The van der Waals surface area contributed by atoms with Gasteiger partial charge in [0.25, 0.3) is 0 Å². The maximum absolute atomic E-state index is 4.37. The molecule has 0 saturated heterocycles. The van der Waals surface area contributed by atoms with Crippen LogP contribution in [0.3, 0.4) is 0 Å². The molecule has 0 aliphatic rings. The molecule has 20 heavy (non-hydrogen) atoms. The second kappa shape index (κ2) is 6.88. The van der Waals surface area contributed by atoms with E-state index in [4.69, 9.17) is 0 Å². The summed E-state index contributed by atoms with van der Waals surface area (Å²) >= 11 is 0. The number of nitrogens with one attached hydrogen (secondary N) is 2. The van der Waals surface area contributed by atoms with Crippen molar-refractivity contribution in [3.05, 3.63) is 29.8 Å². The Morgan fingerprint density at radius 2 is 1.90 bits per heavy atom. The molecule has 0 aliphatic heterocycles. The van der Waals surface area contributed by atoms with Gasteiger partial charge in [0.1, 0.15) is 18.0 Å². The second-order valence-electron chi connectivity index (χ2n) is 4.66. The van der Waals surface area contributed by atoms with Gasteiger partial charge in [-0.25, -0.2) is 9.97 Å². The number of aryl methyl sites for hydroxylation is 1. The highest BCUT2D eigenvalue weighted by Crippen LogP contribution is 2.21. The second-order valence-corrected chi connectivity index (χ2v) is 4.66. The average Bonchev–Trinajstić information content (AvgIpc) is 2.85. The van der Waals surface area contributed by atoms with Gasteiger partial charge in [0.2, 0.25) is 0 Å². The zero-order valence-electron chi connectivity index (χ0n) is 12.3. The van der Waals surface area contributed by atoms with Crippen LogP contribution in [0.15, 0.2) is 18.6 Å². The zero-order valence-corrected chi connectivity index (χ0v) is 12.3. The Morgan fingerprint density at radius 1 is 1.15 bits per heavy atom. The highest BCUT2D eigenvalue weighted by molar-refractivity contribution is 5.57. The van der Waals surface area contributed by atoms with E-state index in [1.807, 2.05) is 19.3 Å². The van der Waals surface area contributed by atoms with E-state index in [0.717, 1.165) is 42.3 Å². The fraction of sp³-hybridized carbons (Fsp3) is 0.500. The third-order valence-corrected chi connectivity index (χ3v) is 3.00. The maximum atomic E-state index is 4.37. The standard InChI is InChI=1S/C14H22N6/c1-4-6-12-13(15-5-2)17-10-18-14(12)16-9-11-7-8-20(3)19-11/h7-8,10H,4-6,9H2,1-3H3,(H2,15,16,17,18). The molecule has 0 saturated carbocycles. The van der Waals surface area contributed by atoms with E-state index in [1.54, 1.807) is 11.0 Å². The Labute approximate surface area is 119 Å². The van der Waals surface area contributed by atoms with Crippen LogP contribution in [0.4, 0.5) is 11.6 Å². The number of hydrogen-bond donors (Lipinski definition) is 2. The van der Waals surface area contributed by atoms with Crippen molar-refractivity contribution in [2.24, 2.45) is 7.05 Å². The van der Waals surface area contributed by atoms with Crippen LogP contribution in [-0.2, 0) is 20.0 Å². The number of rotatable bonds is 7.